The van der Waals surface area contributed by atoms with Crippen LogP contribution in [0, 0.1) is 12.8 Å². The summed E-state index contributed by atoms with van der Waals surface area (Å²) in [7, 11) is 0. The molecule has 0 aliphatic carbocycles. The monoisotopic (exact) mass is 524 g/mol. The van der Waals surface area contributed by atoms with Gasteiger partial charge in [0.1, 0.15) is 17.5 Å². The Hall–Kier alpha value is -3.90. The molecule has 2 aliphatic heterocycles. The number of anilines is 1. The maximum absolute atomic E-state index is 13.1. The first-order valence-electron chi connectivity index (χ1n) is 10.9. The normalized spacial score (nSPS) is 20.7. The number of phenols is 1. The van der Waals surface area contributed by atoms with Crippen LogP contribution < -0.4 is 15.9 Å². The summed E-state index contributed by atoms with van der Waals surface area (Å²) in [4.78, 5) is 64.4. The lowest BCUT2D eigenvalue weighted by molar-refractivity contribution is -0.135. The Morgan fingerprint density at radius 2 is 1.69 bits per heavy atom. The van der Waals surface area contributed by atoms with Crippen molar-refractivity contribution >= 4 is 52.5 Å². The van der Waals surface area contributed by atoms with Gasteiger partial charge in [-0.15, -0.1) is 0 Å². The van der Waals surface area contributed by atoms with E-state index in [1.807, 2.05) is 19.1 Å². The number of imide groups is 3. The Labute approximate surface area is 212 Å². The number of aryl methyl sites for hydroxylation is 1. The van der Waals surface area contributed by atoms with E-state index in [4.69, 9.17) is 5.73 Å². The quantitative estimate of drug-likeness (QED) is 0.443. The molecule has 1 fully saturated rings. The number of rotatable bonds is 4. The number of primary amides is 1. The summed E-state index contributed by atoms with van der Waals surface area (Å²) in [5.74, 6) is -3.64. The van der Waals surface area contributed by atoms with Crippen molar-refractivity contribution in [2.24, 2.45) is 11.7 Å². The molecule has 0 unspecified atom stereocenters. The lowest BCUT2D eigenvalue weighted by atomic mass is 9.83. The van der Waals surface area contributed by atoms with E-state index in [9.17, 15) is 29.1 Å². The number of hydrogen-bond donors (Lipinski definition) is 3. The number of phenolic OH excluding ortho intramolecular Hbond substituents is 1. The Morgan fingerprint density at radius 3 is 2.33 bits per heavy atom. The number of thioether (sulfide) groups is 1. The number of amides is 5. The topological polar surface area (TPSA) is 152 Å². The van der Waals surface area contributed by atoms with Crippen LogP contribution in [-0.2, 0) is 20.9 Å². The number of aromatic nitrogens is 1. The number of benzene rings is 2. The maximum atomic E-state index is 13.1. The molecular formula is C24H20N4O6S2. The van der Waals surface area contributed by atoms with Gasteiger partial charge in [-0.25, -0.2) is 4.79 Å². The van der Waals surface area contributed by atoms with E-state index in [1.165, 1.54) is 16.7 Å². The van der Waals surface area contributed by atoms with Gasteiger partial charge in [0, 0.05) is 16.5 Å². The zero-order valence-electron chi connectivity index (χ0n) is 18.8. The summed E-state index contributed by atoms with van der Waals surface area (Å²) in [5.41, 5.74) is 7.50. The summed E-state index contributed by atoms with van der Waals surface area (Å²) in [6.07, 6.45) is 0. The predicted octanol–water partition coefficient (Wildman–Crippen LogP) is 2.23. The minimum absolute atomic E-state index is 0.00632. The third-order valence-electron chi connectivity index (χ3n) is 6.16. The van der Waals surface area contributed by atoms with Crippen LogP contribution in [0.15, 0.2) is 58.4 Å². The highest BCUT2D eigenvalue weighted by Gasteiger charge is 2.57. The molecule has 3 atom stereocenters. The maximum Gasteiger partial charge on any atom is 0.328 e. The molecule has 1 saturated heterocycles. The molecular weight excluding hydrogens is 504 g/mol. The fourth-order valence-corrected chi connectivity index (χ4v) is 7.27. The second-order valence-electron chi connectivity index (χ2n) is 8.52. The molecule has 3 aromatic rings. The van der Waals surface area contributed by atoms with Gasteiger partial charge in [0.2, 0.25) is 11.8 Å². The van der Waals surface area contributed by atoms with Gasteiger partial charge in [0.25, 0.3) is 5.91 Å². The van der Waals surface area contributed by atoms with Crippen LogP contribution in [0.1, 0.15) is 21.9 Å². The lowest BCUT2D eigenvalue weighted by Gasteiger charge is -2.30. The van der Waals surface area contributed by atoms with E-state index < -0.39 is 45.7 Å². The first-order valence-corrected chi connectivity index (χ1v) is 12.6. The van der Waals surface area contributed by atoms with Crippen LogP contribution >= 0.6 is 23.1 Å². The molecule has 3 heterocycles. The van der Waals surface area contributed by atoms with Crippen LogP contribution in [0.4, 0.5) is 10.5 Å². The smallest absolute Gasteiger partial charge is 0.328 e. The number of carbonyl (C=O) groups is 4. The van der Waals surface area contributed by atoms with Crippen molar-refractivity contribution in [3.63, 3.8) is 0 Å². The number of nitrogens with zero attached hydrogens (tertiary/aromatic N) is 2. The Morgan fingerprint density at radius 1 is 1.03 bits per heavy atom. The zero-order chi connectivity index (χ0) is 25.7. The molecule has 1 aromatic heterocycles. The van der Waals surface area contributed by atoms with Gasteiger partial charge in [-0.3, -0.25) is 23.7 Å². The number of thiazole rings is 1. The van der Waals surface area contributed by atoms with E-state index in [0.29, 0.717) is 26.1 Å². The number of likely N-dealkylation sites (tertiary alicyclic amines) is 1. The van der Waals surface area contributed by atoms with Crippen molar-refractivity contribution in [3.8, 4) is 5.75 Å². The summed E-state index contributed by atoms with van der Waals surface area (Å²) in [6.45, 7) is 1.62. The zero-order valence-corrected chi connectivity index (χ0v) is 20.5. The minimum Gasteiger partial charge on any atom is -0.508 e. The van der Waals surface area contributed by atoms with E-state index in [0.717, 1.165) is 28.7 Å². The summed E-state index contributed by atoms with van der Waals surface area (Å²) in [5, 5.41) is 11.9. The molecule has 184 valence electrons. The molecule has 10 nitrogen and oxygen atoms in total. The minimum atomic E-state index is -1.16. The van der Waals surface area contributed by atoms with Gasteiger partial charge in [-0.1, -0.05) is 52.9 Å². The van der Waals surface area contributed by atoms with Gasteiger partial charge in [-0.05, 0) is 36.8 Å². The van der Waals surface area contributed by atoms with Gasteiger partial charge in [-0.2, -0.15) is 4.90 Å². The van der Waals surface area contributed by atoms with Crippen LogP contribution in [0.25, 0.3) is 0 Å². The Bertz CT molecular complexity index is 1460. The molecule has 5 amide bonds. The number of nitrogens with two attached hydrogens (primary N) is 1. The lowest BCUT2D eigenvalue weighted by Crippen LogP contribution is -2.41. The largest absolute Gasteiger partial charge is 0.508 e. The molecule has 0 bridgehead atoms. The molecule has 2 aliphatic rings. The first kappa shape index (κ1) is 23.8. The molecule has 2 aromatic carbocycles. The molecule has 4 N–H and O–H groups in total. The van der Waals surface area contributed by atoms with E-state index in [1.54, 1.807) is 24.3 Å². The highest BCUT2D eigenvalue weighted by molar-refractivity contribution is 8.00. The van der Waals surface area contributed by atoms with Crippen molar-refractivity contribution < 1.29 is 24.3 Å². The van der Waals surface area contributed by atoms with Crippen molar-refractivity contribution in [2.75, 3.05) is 5.32 Å². The SMILES string of the molecule is Cc1ccc(NC(=O)Cn2c3c(sc2=O)[C@@H](c2ccc(O)cc2)[C@H]2C(=O)N(C(N)=O)C(=O)[C@H]2S3)cc1. The van der Waals surface area contributed by atoms with Gasteiger partial charge in [0.05, 0.1) is 10.9 Å². The van der Waals surface area contributed by atoms with E-state index in [2.05, 4.69) is 5.32 Å². The van der Waals surface area contributed by atoms with Crippen molar-refractivity contribution in [2.45, 2.75) is 29.7 Å². The summed E-state index contributed by atoms with van der Waals surface area (Å²) in [6, 6.07) is 12.1. The fourth-order valence-electron chi connectivity index (χ4n) is 4.49. The highest BCUT2D eigenvalue weighted by Crippen LogP contribution is 2.53. The van der Waals surface area contributed by atoms with Crippen LogP contribution in [0.3, 0.4) is 0 Å². The molecule has 0 radical (unpaired) electrons. The van der Waals surface area contributed by atoms with Crippen molar-refractivity contribution in [1.82, 2.24) is 9.47 Å². The van der Waals surface area contributed by atoms with E-state index in [-0.39, 0.29) is 12.3 Å². The number of fused-ring (bicyclic) bond motifs is 2. The number of aromatic hydroxyl groups is 1. The van der Waals surface area contributed by atoms with Crippen LogP contribution in [0.2, 0.25) is 0 Å². The summed E-state index contributed by atoms with van der Waals surface area (Å²) >= 11 is 1.87. The van der Waals surface area contributed by atoms with Crippen LogP contribution in [-0.4, -0.2) is 43.6 Å². The standard InChI is InChI=1S/C24H20N4O6S2/c1-11-2-6-13(7-3-11)26-15(30)10-27-22-19(36-24(27)34)16(12-4-8-14(29)9-5-12)17-18(35-22)21(32)28(20(17)31)23(25)33/h2-9,16-18,29H,10H2,1H3,(H2,25,33)(H,26,30)/t16-,17+,18-/m0/s1. The predicted molar refractivity (Wildman–Crippen MR) is 133 cm³/mol. The molecule has 12 heteroatoms. The molecule has 0 saturated carbocycles. The van der Waals surface area contributed by atoms with Gasteiger partial charge in [0.15, 0.2) is 0 Å². The number of hydrogen-bond acceptors (Lipinski definition) is 8. The Balaban J connectivity index is 1.55. The first-order chi connectivity index (χ1) is 17.2. The number of carbonyl (C=O) groups excluding carboxylic acids is 4. The molecule has 5 rings (SSSR count). The average molecular weight is 525 g/mol. The Kier molecular flexibility index (Phi) is 5.92. The third kappa shape index (κ3) is 3.97. The highest BCUT2D eigenvalue weighted by atomic mass is 32.2. The summed E-state index contributed by atoms with van der Waals surface area (Å²) < 4.78 is 1.28. The second kappa shape index (κ2) is 8.95. The second-order valence-corrected chi connectivity index (χ2v) is 10.6. The molecule has 36 heavy (non-hydrogen) atoms. The van der Waals surface area contributed by atoms with E-state index >= 15 is 0 Å². The number of nitrogens with one attached hydrogen (secondary N) is 1. The van der Waals surface area contributed by atoms with Gasteiger partial charge >= 0.3 is 10.9 Å². The van der Waals surface area contributed by atoms with Crippen LogP contribution in [0.5, 0.6) is 5.75 Å². The van der Waals surface area contributed by atoms with Crippen molar-refractivity contribution in [3.05, 3.63) is 74.2 Å². The van der Waals surface area contributed by atoms with Crippen molar-refractivity contribution in [1.29, 1.82) is 0 Å². The van der Waals surface area contributed by atoms with Gasteiger partial charge < -0.3 is 16.2 Å². The average Bonchev–Trinajstić information content (AvgIpc) is 3.27. The number of urea groups is 1. The molecule has 0 spiro atoms. The fraction of sp³-hybridized carbons (Fsp3) is 0.208. The third-order valence-corrected chi connectivity index (χ3v) is 8.76.